The van der Waals surface area contributed by atoms with E-state index in [-0.39, 0.29) is 0 Å². The van der Waals surface area contributed by atoms with Gasteiger partial charge in [-0.1, -0.05) is 55.3 Å². The summed E-state index contributed by atoms with van der Waals surface area (Å²) in [6.07, 6.45) is 6.98. The Kier molecular flexibility index (Phi) is 4.58. The standard InChI is InChI=1S/C18H26N2S/c1-14-8-4-5-9-16(14)15(2)20-17-19-12-18(13-21-17)10-6-3-7-11-18/h4-5,8-9,15H,3,6-7,10-13H2,1-2H3,(H,19,20). The van der Waals surface area contributed by atoms with Crippen molar-refractivity contribution in [3.05, 3.63) is 35.4 Å². The number of nitrogens with one attached hydrogen (secondary N) is 1. The molecule has 1 heterocycles. The zero-order valence-corrected chi connectivity index (χ0v) is 14.0. The molecule has 1 aromatic carbocycles. The van der Waals surface area contributed by atoms with E-state index in [4.69, 9.17) is 4.99 Å². The Bertz CT molecular complexity index is 518. The molecule has 114 valence electrons. The van der Waals surface area contributed by atoms with E-state index in [9.17, 15) is 0 Å². The summed E-state index contributed by atoms with van der Waals surface area (Å²) in [4.78, 5) is 4.87. The number of nitrogens with zero attached hydrogens (tertiary/aromatic N) is 1. The van der Waals surface area contributed by atoms with Gasteiger partial charge in [0.15, 0.2) is 5.17 Å². The van der Waals surface area contributed by atoms with E-state index in [0.717, 1.165) is 11.7 Å². The maximum Gasteiger partial charge on any atom is 0.157 e. The number of aliphatic imine (C=N–C) groups is 1. The molecule has 1 N–H and O–H groups in total. The highest BCUT2D eigenvalue weighted by Gasteiger charge is 2.35. The molecule has 0 aromatic heterocycles. The fourth-order valence-corrected chi connectivity index (χ4v) is 4.82. The lowest BCUT2D eigenvalue weighted by Gasteiger charge is -2.38. The van der Waals surface area contributed by atoms with Crippen molar-refractivity contribution < 1.29 is 0 Å². The zero-order chi connectivity index (χ0) is 14.7. The summed E-state index contributed by atoms with van der Waals surface area (Å²) in [5.74, 6) is 1.25. The van der Waals surface area contributed by atoms with Gasteiger partial charge in [0.1, 0.15) is 0 Å². The topological polar surface area (TPSA) is 24.4 Å². The molecule has 3 heteroatoms. The molecule has 1 saturated carbocycles. The van der Waals surface area contributed by atoms with Crippen LogP contribution in [0, 0.1) is 12.3 Å². The van der Waals surface area contributed by atoms with E-state index in [2.05, 4.69) is 43.4 Å². The number of hydrogen-bond acceptors (Lipinski definition) is 3. The maximum absolute atomic E-state index is 4.87. The van der Waals surface area contributed by atoms with Gasteiger partial charge in [-0.25, -0.2) is 0 Å². The van der Waals surface area contributed by atoms with Crippen LogP contribution in [0.3, 0.4) is 0 Å². The fraction of sp³-hybridized carbons (Fsp3) is 0.611. The largest absolute Gasteiger partial charge is 0.358 e. The number of thioether (sulfide) groups is 1. The van der Waals surface area contributed by atoms with E-state index < -0.39 is 0 Å². The molecule has 1 aliphatic carbocycles. The third kappa shape index (κ3) is 3.45. The molecule has 21 heavy (non-hydrogen) atoms. The van der Waals surface area contributed by atoms with Crippen LogP contribution in [0.25, 0.3) is 0 Å². The summed E-state index contributed by atoms with van der Waals surface area (Å²) >= 11 is 1.94. The lowest BCUT2D eigenvalue weighted by atomic mass is 9.75. The van der Waals surface area contributed by atoms with Gasteiger partial charge in [0.05, 0.1) is 6.04 Å². The minimum Gasteiger partial charge on any atom is -0.358 e. The zero-order valence-electron chi connectivity index (χ0n) is 13.2. The number of hydrogen-bond donors (Lipinski definition) is 1. The molecule has 0 bridgehead atoms. The molecule has 3 rings (SSSR count). The van der Waals surface area contributed by atoms with Crippen molar-refractivity contribution in [2.24, 2.45) is 10.4 Å². The maximum atomic E-state index is 4.87. The molecule has 1 aromatic rings. The van der Waals surface area contributed by atoms with E-state index in [1.807, 2.05) is 11.8 Å². The van der Waals surface area contributed by atoms with Gasteiger partial charge in [-0.2, -0.15) is 0 Å². The van der Waals surface area contributed by atoms with Crippen LogP contribution in [0.2, 0.25) is 0 Å². The summed E-state index contributed by atoms with van der Waals surface area (Å²) in [7, 11) is 0. The van der Waals surface area contributed by atoms with Crippen molar-refractivity contribution in [2.45, 2.75) is 52.0 Å². The van der Waals surface area contributed by atoms with Crippen molar-refractivity contribution >= 4 is 16.9 Å². The summed E-state index contributed by atoms with van der Waals surface area (Å²) in [5, 5.41) is 4.75. The first-order chi connectivity index (χ1) is 10.2. The molecule has 0 amide bonds. The quantitative estimate of drug-likeness (QED) is 0.856. The Balaban J connectivity index is 1.63. The second-order valence-electron chi connectivity index (χ2n) is 6.69. The molecule has 2 nitrogen and oxygen atoms in total. The van der Waals surface area contributed by atoms with Crippen molar-refractivity contribution in [3.8, 4) is 0 Å². The Hall–Kier alpha value is -0.960. The first kappa shape index (κ1) is 15.0. The van der Waals surface area contributed by atoms with Gasteiger partial charge in [0, 0.05) is 12.3 Å². The molecule has 0 radical (unpaired) electrons. The highest BCUT2D eigenvalue weighted by molar-refractivity contribution is 8.13. The van der Waals surface area contributed by atoms with Gasteiger partial charge in [-0.15, -0.1) is 0 Å². The molecule has 1 fully saturated rings. The minimum atomic E-state index is 0.331. The molecular formula is C18H26N2S. The molecule has 1 unspecified atom stereocenters. The average molecular weight is 302 g/mol. The number of benzene rings is 1. The summed E-state index contributed by atoms with van der Waals surface area (Å²) in [6.45, 7) is 5.44. The Morgan fingerprint density at radius 1 is 1.19 bits per heavy atom. The lowest BCUT2D eigenvalue weighted by Crippen LogP contribution is -2.37. The SMILES string of the molecule is Cc1ccccc1C(C)NC1=NCC2(CCCCC2)CS1. The van der Waals surface area contributed by atoms with Crippen LogP contribution in [-0.4, -0.2) is 17.5 Å². The normalized spacial score (nSPS) is 22.7. The third-order valence-electron chi connectivity index (χ3n) is 4.98. The van der Waals surface area contributed by atoms with E-state index in [0.29, 0.717) is 11.5 Å². The van der Waals surface area contributed by atoms with Crippen molar-refractivity contribution in [1.29, 1.82) is 0 Å². The smallest absolute Gasteiger partial charge is 0.157 e. The van der Waals surface area contributed by atoms with Gasteiger partial charge < -0.3 is 5.32 Å². The van der Waals surface area contributed by atoms with Crippen molar-refractivity contribution in [1.82, 2.24) is 5.32 Å². The predicted molar refractivity (Wildman–Crippen MR) is 93.0 cm³/mol. The lowest BCUT2D eigenvalue weighted by molar-refractivity contribution is 0.232. The summed E-state index contributed by atoms with van der Waals surface area (Å²) in [5.41, 5.74) is 3.24. The number of amidine groups is 1. The van der Waals surface area contributed by atoms with Crippen molar-refractivity contribution in [3.63, 3.8) is 0 Å². The van der Waals surface area contributed by atoms with Gasteiger partial charge in [-0.05, 0) is 43.2 Å². The first-order valence-electron chi connectivity index (χ1n) is 8.18. The monoisotopic (exact) mass is 302 g/mol. The number of aryl methyl sites for hydroxylation is 1. The van der Waals surface area contributed by atoms with E-state index in [1.54, 1.807) is 0 Å². The molecular weight excluding hydrogens is 276 g/mol. The molecule has 0 saturated heterocycles. The van der Waals surface area contributed by atoms with Crippen LogP contribution in [0.5, 0.6) is 0 Å². The highest BCUT2D eigenvalue weighted by Crippen LogP contribution is 2.41. The van der Waals surface area contributed by atoms with E-state index >= 15 is 0 Å². The molecule has 1 aliphatic heterocycles. The van der Waals surface area contributed by atoms with E-state index in [1.165, 1.54) is 49.0 Å². The van der Waals surface area contributed by atoms with Crippen LogP contribution >= 0.6 is 11.8 Å². The summed E-state index contributed by atoms with van der Waals surface area (Å²) in [6, 6.07) is 8.95. The van der Waals surface area contributed by atoms with Crippen LogP contribution in [0.4, 0.5) is 0 Å². The predicted octanol–water partition coefficient (Wildman–Crippen LogP) is 4.70. The second kappa shape index (κ2) is 6.43. The molecule has 2 aliphatic rings. The first-order valence-corrected chi connectivity index (χ1v) is 9.16. The fourth-order valence-electron chi connectivity index (χ4n) is 3.58. The molecule has 1 atom stereocenters. The average Bonchev–Trinajstić information content (AvgIpc) is 2.51. The Morgan fingerprint density at radius 3 is 2.62 bits per heavy atom. The van der Waals surface area contributed by atoms with Crippen LogP contribution in [0.1, 0.15) is 56.2 Å². The van der Waals surface area contributed by atoms with Crippen molar-refractivity contribution in [2.75, 3.05) is 12.3 Å². The van der Waals surface area contributed by atoms with Gasteiger partial charge >= 0.3 is 0 Å². The highest BCUT2D eigenvalue weighted by atomic mass is 32.2. The van der Waals surface area contributed by atoms with Crippen LogP contribution in [0.15, 0.2) is 29.3 Å². The Morgan fingerprint density at radius 2 is 1.95 bits per heavy atom. The minimum absolute atomic E-state index is 0.331. The van der Waals surface area contributed by atoms with Gasteiger partial charge in [0.2, 0.25) is 0 Å². The second-order valence-corrected chi connectivity index (χ2v) is 7.66. The van der Waals surface area contributed by atoms with Crippen LogP contribution < -0.4 is 5.32 Å². The number of rotatable bonds is 2. The Labute approximate surface area is 132 Å². The van der Waals surface area contributed by atoms with Gasteiger partial charge in [0.25, 0.3) is 0 Å². The van der Waals surface area contributed by atoms with Gasteiger partial charge in [-0.3, -0.25) is 4.99 Å². The third-order valence-corrected chi connectivity index (χ3v) is 6.26. The molecule has 1 spiro atoms. The summed E-state index contributed by atoms with van der Waals surface area (Å²) < 4.78 is 0. The van der Waals surface area contributed by atoms with Crippen LogP contribution in [-0.2, 0) is 0 Å².